The fourth-order valence-electron chi connectivity index (χ4n) is 0.929. The van der Waals surface area contributed by atoms with Gasteiger partial charge in [0, 0.05) is 12.7 Å². The van der Waals surface area contributed by atoms with Crippen molar-refractivity contribution >= 4 is 5.91 Å². The van der Waals surface area contributed by atoms with E-state index >= 15 is 0 Å². The van der Waals surface area contributed by atoms with Crippen molar-refractivity contribution in [3.8, 4) is 5.75 Å². The zero-order valence-electron chi connectivity index (χ0n) is 8.64. The van der Waals surface area contributed by atoms with Crippen LogP contribution in [-0.4, -0.2) is 24.2 Å². The number of nitrogens with two attached hydrogens (primary N) is 1. The van der Waals surface area contributed by atoms with E-state index in [0.717, 1.165) is 0 Å². The van der Waals surface area contributed by atoms with Crippen LogP contribution in [0.2, 0.25) is 0 Å². The average Bonchev–Trinajstić information content (AvgIpc) is 3.02. The minimum Gasteiger partial charge on any atom is -0.508 e. The Morgan fingerprint density at radius 3 is 2.20 bits per heavy atom. The number of hydrogen-bond acceptors (Lipinski definition) is 3. The van der Waals surface area contributed by atoms with Crippen LogP contribution in [0, 0.1) is 0 Å². The Hall–Kier alpha value is -1.55. The van der Waals surface area contributed by atoms with E-state index in [1.165, 1.54) is 37.1 Å². The summed E-state index contributed by atoms with van der Waals surface area (Å²) >= 11 is 0. The normalized spacial score (nSPS) is 13.9. The smallest absolute Gasteiger partial charge is 0.248 e. The summed E-state index contributed by atoms with van der Waals surface area (Å²) in [5, 5.41) is 8.79. The summed E-state index contributed by atoms with van der Waals surface area (Å²) in [4.78, 5) is 10.5. The van der Waals surface area contributed by atoms with Crippen LogP contribution in [0.3, 0.4) is 0 Å². The molecule has 15 heavy (non-hydrogen) atoms. The SMILES string of the molecule is COC1CC1.NC(=O)c1ccc(O)cc1. The number of hydrogen-bond donors (Lipinski definition) is 2. The molecule has 1 saturated carbocycles. The number of rotatable bonds is 2. The van der Waals surface area contributed by atoms with Gasteiger partial charge in [0.05, 0.1) is 6.10 Å². The summed E-state index contributed by atoms with van der Waals surface area (Å²) in [6.45, 7) is 0. The molecule has 4 heteroatoms. The number of methoxy groups -OCH3 is 1. The third-order valence-corrected chi connectivity index (χ3v) is 2.01. The Morgan fingerprint density at radius 2 is 1.93 bits per heavy atom. The van der Waals surface area contributed by atoms with Gasteiger partial charge in [0.15, 0.2) is 0 Å². The topological polar surface area (TPSA) is 72.5 Å². The molecule has 1 aromatic rings. The largest absolute Gasteiger partial charge is 0.508 e. The molecule has 0 atom stereocenters. The van der Waals surface area contributed by atoms with Crippen LogP contribution in [0.5, 0.6) is 5.75 Å². The third-order valence-electron chi connectivity index (χ3n) is 2.01. The van der Waals surface area contributed by atoms with E-state index < -0.39 is 5.91 Å². The number of carbonyl (C=O) groups is 1. The molecule has 1 aromatic carbocycles. The summed E-state index contributed by atoms with van der Waals surface area (Å²) in [6, 6.07) is 5.77. The van der Waals surface area contributed by atoms with E-state index in [2.05, 4.69) is 0 Å². The number of phenols is 1. The predicted molar refractivity (Wildman–Crippen MR) is 56.7 cm³/mol. The highest BCUT2D eigenvalue weighted by molar-refractivity contribution is 5.92. The highest BCUT2D eigenvalue weighted by Crippen LogP contribution is 2.21. The first-order valence-corrected chi connectivity index (χ1v) is 4.75. The monoisotopic (exact) mass is 209 g/mol. The standard InChI is InChI=1S/C7H7NO2.C4H8O/c8-7(10)5-1-3-6(9)4-2-5;1-5-4-2-3-4/h1-4,9H,(H2,8,10);4H,2-3H2,1H3. The molecule has 2 rings (SSSR count). The predicted octanol–water partition coefficient (Wildman–Crippen LogP) is 1.29. The lowest BCUT2D eigenvalue weighted by molar-refractivity contribution is 0.100. The van der Waals surface area contributed by atoms with Gasteiger partial charge in [0.1, 0.15) is 5.75 Å². The molecule has 1 fully saturated rings. The summed E-state index contributed by atoms with van der Waals surface area (Å²) in [6.07, 6.45) is 3.21. The zero-order chi connectivity index (χ0) is 11.3. The minimum atomic E-state index is -0.486. The molecule has 1 aliphatic carbocycles. The first-order valence-electron chi connectivity index (χ1n) is 4.75. The highest BCUT2D eigenvalue weighted by atomic mass is 16.5. The maximum Gasteiger partial charge on any atom is 0.248 e. The Kier molecular flexibility index (Phi) is 4.12. The minimum absolute atomic E-state index is 0.130. The van der Waals surface area contributed by atoms with Gasteiger partial charge in [-0.05, 0) is 37.1 Å². The Balaban J connectivity index is 0.000000187. The lowest BCUT2D eigenvalue weighted by atomic mass is 10.2. The summed E-state index contributed by atoms with van der Waals surface area (Å²) in [7, 11) is 1.76. The molecule has 1 aliphatic rings. The van der Waals surface area contributed by atoms with Crippen molar-refractivity contribution in [3.63, 3.8) is 0 Å². The van der Waals surface area contributed by atoms with E-state index in [-0.39, 0.29) is 5.75 Å². The van der Waals surface area contributed by atoms with Gasteiger partial charge in [-0.3, -0.25) is 4.79 Å². The first-order chi connectivity index (χ1) is 7.13. The molecule has 0 radical (unpaired) electrons. The first kappa shape index (κ1) is 11.5. The Bertz CT molecular complexity index is 317. The van der Waals surface area contributed by atoms with E-state index in [1.54, 1.807) is 7.11 Å². The van der Waals surface area contributed by atoms with Gasteiger partial charge in [-0.15, -0.1) is 0 Å². The fraction of sp³-hybridized carbons (Fsp3) is 0.364. The lowest BCUT2D eigenvalue weighted by Gasteiger charge is -1.93. The number of phenolic OH excluding ortho intramolecular Hbond substituents is 1. The molecular formula is C11H15NO3. The molecule has 0 spiro atoms. The van der Waals surface area contributed by atoms with E-state index in [1.807, 2.05) is 0 Å². The number of ether oxygens (including phenoxy) is 1. The van der Waals surface area contributed by atoms with Gasteiger partial charge in [-0.25, -0.2) is 0 Å². The molecule has 0 aromatic heterocycles. The molecule has 1 amide bonds. The van der Waals surface area contributed by atoms with Gasteiger partial charge in [0.25, 0.3) is 0 Å². The second-order valence-corrected chi connectivity index (χ2v) is 3.35. The molecule has 0 unspecified atom stereocenters. The molecule has 0 aliphatic heterocycles. The number of primary amides is 1. The van der Waals surface area contributed by atoms with E-state index in [4.69, 9.17) is 15.6 Å². The quantitative estimate of drug-likeness (QED) is 0.770. The second kappa shape index (κ2) is 5.36. The van der Waals surface area contributed by atoms with Crippen LogP contribution < -0.4 is 5.73 Å². The van der Waals surface area contributed by atoms with Crippen LogP contribution in [0.15, 0.2) is 24.3 Å². The molecule has 3 N–H and O–H groups in total. The molecule has 82 valence electrons. The fourth-order valence-corrected chi connectivity index (χ4v) is 0.929. The van der Waals surface area contributed by atoms with Crippen molar-refractivity contribution in [3.05, 3.63) is 29.8 Å². The number of amides is 1. The number of carbonyl (C=O) groups excluding carboxylic acids is 1. The summed E-state index contributed by atoms with van der Waals surface area (Å²) in [5.41, 5.74) is 5.34. The van der Waals surface area contributed by atoms with E-state index in [0.29, 0.717) is 11.7 Å². The van der Waals surface area contributed by atoms with Crippen LogP contribution in [0.1, 0.15) is 23.2 Å². The average molecular weight is 209 g/mol. The molecule has 0 bridgehead atoms. The molecule has 0 saturated heterocycles. The van der Waals surface area contributed by atoms with Crippen LogP contribution in [-0.2, 0) is 4.74 Å². The maximum atomic E-state index is 10.5. The highest BCUT2D eigenvalue weighted by Gasteiger charge is 2.19. The molecule has 0 heterocycles. The molecule has 4 nitrogen and oxygen atoms in total. The van der Waals surface area contributed by atoms with Crippen LogP contribution in [0.25, 0.3) is 0 Å². The van der Waals surface area contributed by atoms with Crippen molar-refractivity contribution in [2.75, 3.05) is 7.11 Å². The third kappa shape index (κ3) is 4.46. The lowest BCUT2D eigenvalue weighted by Crippen LogP contribution is -2.10. The van der Waals surface area contributed by atoms with Gasteiger partial charge in [-0.2, -0.15) is 0 Å². The maximum absolute atomic E-state index is 10.5. The van der Waals surface area contributed by atoms with Gasteiger partial charge in [0.2, 0.25) is 5.91 Å². The van der Waals surface area contributed by atoms with Crippen molar-refractivity contribution in [1.29, 1.82) is 0 Å². The van der Waals surface area contributed by atoms with E-state index in [9.17, 15) is 4.79 Å². The van der Waals surface area contributed by atoms with Gasteiger partial charge in [-0.1, -0.05) is 0 Å². The van der Waals surface area contributed by atoms with Gasteiger partial charge < -0.3 is 15.6 Å². The van der Waals surface area contributed by atoms with Crippen molar-refractivity contribution in [2.24, 2.45) is 5.73 Å². The van der Waals surface area contributed by atoms with Crippen LogP contribution >= 0.6 is 0 Å². The zero-order valence-corrected chi connectivity index (χ0v) is 8.64. The summed E-state index contributed by atoms with van der Waals surface area (Å²) < 4.78 is 4.86. The Labute approximate surface area is 88.7 Å². The number of aromatic hydroxyl groups is 1. The van der Waals surface area contributed by atoms with Crippen molar-refractivity contribution in [2.45, 2.75) is 18.9 Å². The second-order valence-electron chi connectivity index (χ2n) is 3.35. The van der Waals surface area contributed by atoms with Gasteiger partial charge >= 0.3 is 0 Å². The number of benzene rings is 1. The van der Waals surface area contributed by atoms with Crippen molar-refractivity contribution < 1.29 is 14.6 Å². The summed E-state index contributed by atoms with van der Waals surface area (Å²) in [5.74, 6) is -0.356. The Morgan fingerprint density at radius 1 is 1.40 bits per heavy atom. The molecular weight excluding hydrogens is 194 g/mol. The van der Waals surface area contributed by atoms with Crippen molar-refractivity contribution in [1.82, 2.24) is 0 Å². The van der Waals surface area contributed by atoms with Crippen LogP contribution in [0.4, 0.5) is 0 Å².